The molecule has 3 rings (SSSR count). The maximum atomic E-state index is 12.4. The lowest BCUT2D eigenvalue weighted by atomic mass is 10.0. The van der Waals surface area contributed by atoms with E-state index in [1.807, 2.05) is 43.5 Å². The van der Waals surface area contributed by atoms with Gasteiger partial charge < -0.3 is 19.7 Å². The van der Waals surface area contributed by atoms with Gasteiger partial charge in [0.05, 0.1) is 6.04 Å². The van der Waals surface area contributed by atoms with E-state index in [-0.39, 0.29) is 30.1 Å². The van der Waals surface area contributed by atoms with Gasteiger partial charge in [0.1, 0.15) is 5.82 Å². The molecule has 27 heavy (non-hydrogen) atoms. The maximum absolute atomic E-state index is 12.4. The summed E-state index contributed by atoms with van der Waals surface area (Å²) in [5.74, 6) is 1.00. The molecule has 0 unspecified atom stereocenters. The minimum Gasteiger partial charge on any atom is -0.504 e. The lowest BCUT2D eigenvalue weighted by molar-refractivity contribution is -0.123. The zero-order valence-electron chi connectivity index (χ0n) is 15.2. The fraction of sp³-hybridized carbons (Fsp3) is 0.238. The molecular formula is C21H23N3O3. The van der Waals surface area contributed by atoms with Gasteiger partial charge >= 0.3 is 0 Å². The third-order valence-corrected chi connectivity index (χ3v) is 4.34. The molecule has 0 radical (unpaired) electrons. The normalized spacial score (nSPS) is 11.7. The van der Waals surface area contributed by atoms with Gasteiger partial charge in [0.15, 0.2) is 18.1 Å². The first-order valence-electron chi connectivity index (χ1n) is 8.86. The van der Waals surface area contributed by atoms with Gasteiger partial charge in [0, 0.05) is 18.9 Å². The lowest BCUT2D eigenvalue weighted by Crippen LogP contribution is -2.33. The van der Waals surface area contributed by atoms with Crippen molar-refractivity contribution in [3.8, 4) is 11.5 Å². The van der Waals surface area contributed by atoms with Gasteiger partial charge in [-0.2, -0.15) is 0 Å². The minimum atomic E-state index is -0.241. The number of rotatable bonds is 8. The van der Waals surface area contributed by atoms with Crippen LogP contribution in [0.1, 0.15) is 23.9 Å². The standard InChI is InChI=1S/C21H23N3O3/c1-16-22-12-14-24(16)13-11-18(17-7-3-2-4-8-17)23-21(26)15-27-20-10-6-5-9-19(20)25/h2-10,12,14,18,25H,11,13,15H2,1H3,(H,23,26)/t18-/m0/s1. The summed E-state index contributed by atoms with van der Waals surface area (Å²) < 4.78 is 7.48. The Bertz CT molecular complexity index is 877. The van der Waals surface area contributed by atoms with Crippen LogP contribution in [-0.4, -0.2) is 27.2 Å². The molecule has 6 heteroatoms. The predicted molar refractivity (Wildman–Crippen MR) is 103 cm³/mol. The Hall–Kier alpha value is -3.28. The zero-order chi connectivity index (χ0) is 19.1. The Labute approximate surface area is 158 Å². The Kier molecular flexibility index (Phi) is 6.10. The number of amides is 1. The average molecular weight is 365 g/mol. The average Bonchev–Trinajstić information content (AvgIpc) is 3.10. The van der Waals surface area contributed by atoms with Gasteiger partial charge in [0.25, 0.3) is 5.91 Å². The molecule has 1 atom stereocenters. The number of phenols is 1. The number of hydrogen-bond acceptors (Lipinski definition) is 4. The van der Waals surface area contributed by atoms with Crippen LogP contribution < -0.4 is 10.1 Å². The molecule has 3 aromatic rings. The minimum absolute atomic E-state index is 0.0143. The van der Waals surface area contributed by atoms with Gasteiger partial charge in [0.2, 0.25) is 0 Å². The van der Waals surface area contributed by atoms with Crippen LogP contribution >= 0.6 is 0 Å². The number of ether oxygens (including phenoxy) is 1. The topological polar surface area (TPSA) is 76.4 Å². The van der Waals surface area contributed by atoms with Crippen LogP contribution in [0.25, 0.3) is 0 Å². The van der Waals surface area contributed by atoms with Crippen molar-refractivity contribution in [2.24, 2.45) is 0 Å². The summed E-state index contributed by atoms with van der Waals surface area (Å²) in [5.41, 5.74) is 1.03. The first kappa shape index (κ1) is 18.5. The van der Waals surface area contributed by atoms with Crippen LogP contribution in [-0.2, 0) is 11.3 Å². The van der Waals surface area contributed by atoms with Crippen LogP contribution in [0.2, 0.25) is 0 Å². The second-order valence-electron chi connectivity index (χ2n) is 6.24. The second-order valence-corrected chi connectivity index (χ2v) is 6.24. The number of hydrogen-bond donors (Lipinski definition) is 2. The summed E-state index contributed by atoms with van der Waals surface area (Å²) in [6.45, 7) is 2.54. The van der Waals surface area contributed by atoms with Crippen LogP contribution in [0.4, 0.5) is 0 Å². The summed E-state index contributed by atoms with van der Waals surface area (Å²) in [6, 6.07) is 16.3. The number of aryl methyl sites for hydroxylation is 2. The van der Waals surface area contributed by atoms with Gasteiger partial charge in [-0.05, 0) is 31.0 Å². The largest absolute Gasteiger partial charge is 0.504 e. The zero-order valence-corrected chi connectivity index (χ0v) is 15.2. The van der Waals surface area contributed by atoms with E-state index in [0.717, 1.165) is 24.4 Å². The molecule has 2 N–H and O–H groups in total. The Morgan fingerprint density at radius 3 is 2.63 bits per heavy atom. The summed E-state index contributed by atoms with van der Waals surface area (Å²) >= 11 is 0. The van der Waals surface area contributed by atoms with Gasteiger partial charge in [-0.3, -0.25) is 4.79 Å². The number of phenolic OH excluding ortho intramolecular Hbond substituents is 1. The van der Waals surface area contributed by atoms with Crippen molar-refractivity contribution in [2.75, 3.05) is 6.61 Å². The van der Waals surface area contributed by atoms with Crippen molar-refractivity contribution in [2.45, 2.75) is 25.9 Å². The summed E-state index contributed by atoms with van der Waals surface area (Å²) in [7, 11) is 0. The van der Waals surface area contributed by atoms with E-state index in [4.69, 9.17) is 4.74 Å². The fourth-order valence-corrected chi connectivity index (χ4v) is 2.87. The molecule has 2 aromatic carbocycles. The molecule has 0 aliphatic rings. The highest BCUT2D eigenvalue weighted by molar-refractivity contribution is 5.78. The number of aromatic hydroxyl groups is 1. The lowest BCUT2D eigenvalue weighted by Gasteiger charge is -2.20. The molecule has 0 spiro atoms. The van der Waals surface area contributed by atoms with E-state index in [0.29, 0.717) is 0 Å². The third kappa shape index (κ3) is 5.10. The predicted octanol–water partition coefficient (Wildman–Crippen LogP) is 3.22. The summed E-state index contributed by atoms with van der Waals surface area (Å²) in [5, 5.41) is 12.8. The highest BCUT2D eigenvalue weighted by Gasteiger charge is 2.16. The van der Waals surface area contributed by atoms with E-state index in [1.165, 1.54) is 6.07 Å². The molecular weight excluding hydrogens is 342 g/mol. The van der Waals surface area contributed by atoms with Crippen LogP contribution in [0.15, 0.2) is 67.0 Å². The molecule has 6 nitrogen and oxygen atoms in total. The van der Waals surface area contributed by atoms with Crippen molar-refractivity contribution in [1.82, 2.24) is 14.9 Å². The van der Waals surface area contributed by atoms with E-state index >= 15 is 0 Å². The third-order valence-electron chi connectivity index (χ3n) is 4.34. The van der Waals surface area contributed by atoms with Crippen molar-refractivity contribution in [1.29, 1.82) is 0 Å². The number of imidazole rings is 1. The monoisotopic (exact) mass is 365 g/mol. The molecule has 1 heterocycles. The number of benzene rings is 2. The van der Waals surface area contributed by atoms with E-state index < -0.39 is 0 Å². The SMILES string of the molecule is Cc1nccn1CC[C@H](NC(=O)COc1ccccc1O)c1ccccc1. The number of carbonyl (C=O) groups is 1. The molecule has 140 valence electrons. The quantitative estimate of drug-likeness (QED) is 0.643. The number of nitrogens with one attached hydrogen (secondary N) is 1. The summed E-state index contributed by atoms with van der Waals surface area (Å²) in [6.07, 6.45) is 4.43. The number of nitrogens with zero attached hydrogens (tertiary/aromatic N) is 2. The van der Waals surface area contributed by atoms with Crippen molar-refractivity contribution < 1.29 is 14.6 Å². The molecule has 0 aliphatic carbocycles. The van der Waals surface area contributed by atoms with E-state index in [2.05, 4.69) is 14.9 Å². The Morgan fingerprint density at radius 2 is 1.93 bits per heavy atom. The number of aromatic nitrogens is 2. The maximum Gasteiger partial charge on any atom is 0.258 e. The van der Waals surface area contributed by atoms with Crippen LogP contribution in [0.5, 0.6) is 11.5 Å². The molecule has 0 aliphatic heterocycles. The molecule has 1 aromatic heterocycles. The molecule has 0 saturated carbocycles. The molecule has 0 saturated heterocycles. The van der Waals surface area contributed by atoms with Gasteiger partial charge in [-0.25, -0.2) is 4.98 Å². The first-order valence-corrected chi connectivity index (χ1v) is 8.86. The Balaban J connectivity index is 1.63. The highest BCUT2D eigenvalue weighted by Crippen LogP contribution is 2.24. The van der Waals surface area contributed by atoms with Crippen LogP contribution in [0.3, 0.4) is 0 Å². The van der Waals surface area contributed by atoms with Crippen molar-refractivity contribution in [3.05, 3.63) is 78.4 Å². The first-order chi connectivity index (χ1) is 13.1. The summed E-state index contributed by atoms with van der Waals surface area (Å²) in [4.78, 5) is 16.6. The van der Waals surface area contributed by atoms with Crippen molar-refractivity contribution >= 4 is 5.91 Å². The van der Waals surface area contributed by atoms with Gasteiger partial charge in [-0.1, -0.05) is 42.5 Å². The van der Waals surface area contributed by atoms with Gasteiger partial charge in [-0.15, -0.1) is 0 Å². The van der Waals surface area contributed by atoms with Crippen molar-refractivity contribution in [3.63, 3.8) is 0 Å². The second kappa shape index (κ2) is 8.89. The highest BCUT2D eigenvalue weighted by atomic mass is 16.5. The molecule has 0 bridgehead atoms. The Morgan fingerprint density at radius 1 is 1.19 bits per heavy atom. The van der Waals surface area contributed by atoms with Crippen LogP contribution in [0, 0.1) is 6.92 Å². The molecule has 0 fully saturated rings. The van der Waals surface area contributed by atoms with E-state index in [9.17, 15) is 9.90 Å². The molecule has 1 amide bonds. The number of para-hydroxylation sites is 2. The number of carbonyl (C=O) groups excluding carboxylic acids is 1. The smallest absolute Gasteiger partial charge is 0.258 e. The fourth-order valence-electron chi connectivity index (χ4n) is 2.87. The van der Waals surface area contributed by atoms with E-state index in [1.54, 1.807) is 24.4 Å².